The first kappa shape index (κ1) is 16.0. The lowest BCUT2D eigenvalue weighted by Gasteiger charge is -2.08. The maximum atomic E-state index is 3.56. The van der Waals surface area contributed by atoms with Crippen LogP contribution in [0, 0.1) is 5.92 Å². The average molecular weight is 227 g/mol. The van der Waals surface area contributed by atoms with Crippen LogP contribution in [-0.2, 0) is 0 Å². The van der Waals surface area contributed by atoms with Gasteiger partial charge in [-0.15, -0.1) is 0 Å². The van der Waals surface area contributed by atoms with Gasteiger partial charge in [-0.1, -0.05) is 59.3 Å². The van der Waals surface area contributed by atoms with Crippen LogP contribution in [0.4, 0.5) is 0 Å². The minimum Gasteiger partial charge on any atom is -0.317 e. The zero-order valence-corrected chi connectivity index (χ0v) is 11.9. The molecule has 1 heteroatoms. The van der Waals surface area contributed by atoms with Crippen LogP contribution in [0.5, 0.6) is 0 Å². The molecular weight excluding hydrogens is 194 g/mol. The van der Waals surface area contributed by atoms with Crippen molar-refractivity contribution in [2.45, 2.75) is 78.6 Å². The lowest BCUT2D eigenvalue weighted by Crippen LogP contribution is -2.17. The first-order valence-corrected chi connectivity index (χ1v) is 7.52. The van der Waals surface area contributed by atoms with Crippen molar-refractivity contribution in [3.63, 3.8) is 0 Å². The van der Waals surface area contributed by atoms with Gasteiger partial charge in [-0.25, -0.2) is 0 Å². The average Bonchev–Trinajstić information content (AvgIpc) is 2.31. The number of hydrogen-bond acceptors (Lipinski definition) is 1. The minimum atomic E-state index is 0.913. The van der Waals surface area contributed by atoms with E-state index in [0.717, 1.165) is 5.92 Å². The molecule has 16 heavy (non-hydrogen) atoms. The van der Waals surface area contributed by atoms with Crippen LogP contribution in [0.15, 0.2) is 0 Å². The predicted octanol–water partition coefficient (Wildman–Crippen LogP) is 4.76. The molecule has 0 radical (unpaired) electrons. The fraction of sp³-hybridized carbons (Fsp3) is 1.00. The molecule has 0 aromatic heterocycles. The summed E-state index contributed by atoms with van der Waals surface area (Å²) >= 11 is 0. The standard InChI is InChI=1S/C15H33N/c1-4-6-7-8-9-10-13-16-14-11-12-15(3)5-2/h15-16H,4-14H2,1-3H3. The van der Waals surface area contributed by atoms with Crippen LogP contribution in [0.1, 0.15) is 78.6 Å². The highest BCUT2D eigenvalue weighted by molar-refractivity contribution is 4.54. The van der Waals surface area contributed by atoms with E-state index in [0.29, 0.717) is 0 Å². The highest BCUT2D eigenvalue weighted by Gasteiger charge is 1.97. The van der Waals surface area contributed by atoms with Gasteiger partial charge in [-0.05, 0) is 38.3 Å². The molecule has 0 fully saturated rings. The van der Waals surface area contributed by atoms with Crippen LogP contribution in [0.2, 0.25) is 0 Å². The number of hydrogen-bond donors (Lipinski definition) is 1. The first-order chi connectivity index (χ1) is 7.81. The monoisotopic (exact) mass is 227 g/mol. The van der Waals surface area contributed by atoms with Crippen molar-refractivity contribution in [1.82, 2.24) is 5.32 Å². The fourth-order valence-corrected chi connectivity index (χ4v) is 1.93. The van der Waals surface area contributed by atoms with Crippen LogP contribution in [0.25, 0.3) is 0 Å². The number of rotatable bonds is 12. The summed E-state index contributed by atoms with van der Waals surface area (Å²) in [6.07, 6.45) is 12.5. The third-order valence-corrected chi connectivity index (χ3v) is 3.45. The third-order valence-electron chi connectivity index (χ3n) is 3.45. The van der Waals surface area contributed by atoms with Gasteiger partial charge in [0.15, 0.2) is 0 Å². The van der Waals surface area contributed by atoms with Gasteiger partial charge in [0, 0.05) is 0 Å². The van der Waals surface area contributed by atoms with Crippen molar-refractivity contribution in [1.29, 1.82) is 0 Å². The summed E-state index contributed by atoms with van der Waals surface area (Å²) in [7, 11) is 0. The molecule has 98 valence electrons. The third kappa shape index (κ3) is 12.0. The van der Waals surface area contributed by atoms with E-state index in [-0.39, 0.29) is 0 Å². The Balaban J connectivity index is 2.93. The second kappa shape index (κ2) is 13.0. The Hall–Kier alpha value is -0.0400. The molecule has 0 aromatic rings. The normalized spacial score (nSPS) is 12.9. The van der Waals surface area contributed by atoms with Gasteiger partial charge in [-0.3, -0.25) is 0 Å². The summed E-state index contributed by atoms with van der Waals surface area (Å²) in [5.41, 5.74) is 0. The highest BCUT2D eigenvalue weighted by atomic mass is 14.8. The molecule has 0 bridgehead atoms. The molecule has 0 aliphatic heterocycles. The van der Waals surface area contributed by atoms with Crippen LogP contribution >= 0.6 is 0 Å². The van der Waals surface area contributed by atoms with Gasteiger partial charge in [-0.2, -0.15) is 0 Å². The molecule has 1 nitrogen and oxygen atoms in total. The number of nitrogens with one attached hydrogen (secondary N) is 1. The zero-order chi connectivity index (χ0) is 12.1. The molecule has 0 spiro atoms. The van der Waals surface area contributed by atoms with E-state index in [2.05, 4.69) is 26.1 Å². The van der Waals surface area contributed by atoms with Crippen molar-refractivity contribution in [2.24, 2.45) is 5.92 Å². The van der Waals surface area contributed by atoms with E-state index in [1.165, 1.54) is 70.9 Å². The van der Waals surface area contributed by atoms with Crippen molar-refractivity contribution in [2.75, 3.05) is 13.1 Å². The Kier molecular flexibility index (Phi) is 13.0. The second-order valence-corrected chi connectivity index (χ2v) is 5.17. The topological polar surface area (TPSA) is 12.0 Å². The first-order valence-electron chi connectivity index (χ1n) is 7.52. The molecule has 0 saturated heterocycles. The maximum absolute atomic E-state index is 3.56. The molecule has 0 aliphatic rings. The van der Waals surface area contributed by atoms with Crippen LogP contribution < -0.4 is 5.32 Å². The molecule has 1 unspecified atom stereocenters. The zero-order valence-electron chi connectivity index (χ0n) is 11.9. The van der Waals surface area contributed by atoms with Gasteiger partial charge < -0.3 is 5.32 Å². The second-order valence-electron chi connectivity index (χ2n) is 5.17. The summed E-state index contributed by atoms with van der Waals surface area (Å²) in [6.45, 7) is 9.37. The molecule has 0 aliphatic carbocycles. The summed E-state index contributed by atoms with van der Waals surface area (Å²) in [5, 5.41) is 3.56. The van der Waals surface area contributed by atoms with Crippen molar-refractivity contribution < 1.29 is 0 Å². The van der Waals surface area contributed by atoms with Crippen molar-refractivity contribution in [3.8, 4) is 0 Å². The Morgan fingerprint density at radius 1 is 0.812 bits per heavy atom. The van der Waals surface area contributed by atoms with E-state index in [1.54, 1.807) is 0 Å². The smallest absolute Gasteiger partial charge is 0.00488 e. The van der Waals surface area contributed by atoms with Crippen molar-refractivity contribution in [3.05, 3.63) is 0 Å². The minimum absolute atomic E-state index is 0.913. The Morgan fingerprint density at radius 2 is 1.44 bits per heavy atom. The molecule has 0 amide bonds. The Bertz CT molecular complexity index is 123. The molecular formula is C15H33N. The predicted molar refractivity (Wildman–Crippen MR) is 74.9 cm³/mol. The van der Waals surface area contributed by atoms with E-state index >= 15 is 0 Å². The van der Waals surface area contributed by atoms with Gasteiger partial charge in [0.1, 0.15) is 0 Å². The Morgan fingerprint density at radius 3 is 2.12 bits per heavy atom. The van der Waals surface area contributed by atoms with Crippen LogP contribution in [0.3, 0.4) is 0 Å². The summed E-state index contributed by atoms with van der Waals surface area (Å²) in [6, 6.07) is 0. The quantitative estimate of drug-likeness (QED) is 0.474. The van der Waals surface area contributed by atoms with E-state index in [4.69, 9.17) is 0 Å². The fourth-order valence-electron chi connectivity index (χ4n) is 1.93. The van der Waals surface area contributed by atoms with Gasteiger partial charge in [0.2, 0.25) is 0 Å². The highest BCUT2D eigenvalue weighted by Crippen LogP contribution is 2.08. The molecule has 0 aromatic carbocycles. The maximum Gasteiger partial charge on any atom is -0.00488 e. The van der Waals surface area contributed by atoms with E-state index < -0.39 is 0 Å². The largest absolute Gasteiger partial charge is 0.317 e. The van der Waals surface area contributed by atoms with Gasteiger partial charge in [0.05, 0.1) is 0 Å². The summed E-state index contributed by atoms with van der Waals surface area (Å²) in [5.74, 6) is 0.913. The SMILES string of the molecule is CCCCCCCCNCCCC(C)CC. The lowest BCUT2D eigenvalue weighted by atomic mass is 10.0. The molecule has 0 heterocycles. The summed E-state index contributed by atoms with van der Waals surface area (Å²) < 4.78 is 0. The van der Waals surface area contributed by atoms with Gasteiger partial charge in [0.25, 0.3) is 0 Å². The molecule has 1 atom stereocenters. The van der Waals surface area contributed by atoms with Crippen molar-refractivity contribution >= 4 is 0 Å². The number of unbranched alkanes of at least 4 members (excludes halogenated alkanes) is 5. The van der Waals surface area contributed by atoms with E-state index in [9.17, 15) is 0 Å². The molecule has 1 N–H and O–H groups in total. The van der Waals surface area contributed by atoms with E-state index in [1.807, 2.05) is 0 Å². The molecule has 0 saturated carbocycles. The summed E-state index contributed by atoms with van der Waals surface area (Å²) in [4.78, 5) is 0. The lowest BCUT2D eigenvalue weighted by molar-refractivity contribution is 0.476. The van der Waals surface area contributed by atoms with Crippen LogP contribution in [-0.4, -0.2) is 13.1 Å². The molecule has 0 rings (SSSR count). The van der Waals surface area contributed by atoms with Gasteiger partial charge >= 0.3 is 0 Å². The Labute approximate surface area is 103 Å².